The molecule has 0 aliphatic heterocycles. The Kier molecular flexibility index (Phi) is 16.3. The van der Waals surface area contributed by atoms with Crippen LogP contribution in [0.3, 0.4) is 0 Å². The van der Waals surface area contributed by atoms with Crippen LogP contribution < -0.4 is 0 Å². The van der Waals surface area contributed by atoms with Gasteiger partial charge in [-0.25, -0.2) is 0 Å². The second-order valence-corrected chi connectivity index (χ2v) is 5.62. The molecule has 106 valence electrons. The summed E-state index contributed by atoms with van der Waals surface area (Å²) in [7, 11) is 0. The zero-order valence-corrected chi connectivity index (χ0v) is 12.8. The number of unbranched alkanes of at least 4 members (excludes halogenated alkanes) is 14. The molecule has 0 unspecified atom stereocenters. The van der Waals surface area contributed by atoms with E-state index in [9.17, 15) is 0 Å². The van der Waals surface area contributed by atoms with E-state index in [0.29, 0.717) is 0 Å². The lowest BCUT2D eigenvalue weighted by Gasteiger charge is -2.02. The minimum absolute atomic E-state index is 1.10. The molecule has 0 fully saturated rings. The number of allylic oxidation sites excluding steroid dienone is 1. The molecule has 0 aromatic rings. The molecule has 0 atom stereocenters. The first-order valence-electron chi connectivity index (χ1n) is 8.45. The highest BCUT2D eigenvalue weighted by Crippen LogP contribution is 2.13. The quantitative estimate of drug-likeness (QED) is 0.220. The molecule has 0 spiro atoms. The van der Waals surface area contributed by atoms with Crippen molar-refractivity contribution in [1.29, 1.82) is 0 Å². The van der Waals surface area contributed by atoms with E-state index in [4.69, 9.17) is 6.58 Å². The van der Waals surface area contributed by atoms with Crippen LogP contribution in [0.2, 0.25) is 0 Å². The van der Waals surface area contributed by atoms with Crippen molar-refractivity contribution in [2.24, 2.45) is 0 Å². The third-order valence-corrected chi connectivity index (χ3v) is 3.72. The maximum atomic E-state index is 5.35. The van der Waals surface area contributed by atoms with Crippen LogP contribution in [0.1, 0.15) is 103 Å². The third kappa shape index (κ3) is 15.6. The standard InChI is InChI=1S/C18H35/c1-3-5-7-9-11-13-15-17-18-16-14-12-10-8-6-4-2/h1,3H,4-18H2,2H3/q+1. The molecule has 0 aliphatic rings. The zero-order valence-electron chi connectivity index (χ0n) is 12.8. The first kappa shape index (κ1) is 17.6. The molecular weight excluding hydrogens is 216 g/mol. The Hall–Kier alpha value is -0.350. The Bertz CT molecular complexity index is 148. The van der Waals surface area contributed by atoms with Gasteiger partial charge in [0.25, 0.3) is 0 Å². The van der Waals surface area contributed by atoms with Crippen LogP contribution in [0, 0.1) is 6.58 Å². The SMILES string of the molecule is [CH+]=CCCCCCCCCCCCCCCCC. The molecule has 0 aromatic carbocycles. The second-order valence-electron chi connectivity index (χ2n) is 5.62. The van der Waals surface area contributed by atoms with Gasteiger partial charge < -0.3 is 0 Å². The Morgan fingerprint density at radius 1 is 0.556 bits per heavy atom. The smallest absolute Gasteiger partial charge is 0.0654 e. The lowest BCUT2D eigenvalue weighted by Crippen LogP contribution is -1.83. The molecule has 0 heteroatoms. The summed E-state index contributed by atoms with van der Waals surface area (Å²) in [6.45, 7) is 7.64. The molecule has 18 heavy (non-hydrogen) atoms. The van der Waals surface area contributed by atoms with Crippen LogP contribution in [0.5, 0.6) is 0 Å². The van der Waals surface area contributed by atoms with Crippen LogP contribution in [0.25, 0.3) is 0 Å². The molecule has 0 radical (unpaired) electrons. The van der Waals surface area contributed by atoms with Gasteiger partial charge in [-0.05, 0) is 6.42 Å². The second kappa shape index (κ2) is 16.6. The van der Waals surface area contributed by atoms with Gasteiger partial charge in [0.15, 0.2) is 6.08 Å². The summed E-state index contributed by atoms with van der Waals surface area (Å²) in [5.74, 6) is 0. The van der Waals surface area contributed by atoms with Gasteiger partial charge >= 0.3 is 0 Å². The van der Waals surface area contributed by atoms with E-state index in [1.54, 1.807) is 6.08 Å². The number of rotatable bonds is 15. The van der Waals surface area contributed by atoms with E-state index in [2.05, 4.69) is 6.92 Å². The molecule has 0 N–H and O–H groups in total. The highest BCUT2D eigenvalue weighted by Gasteiger charge is 1.93. The largest absolute Gasteiger partial charge is 0.201 e. The summed E-state index contributed by atoms with van der Waals surface area (Å²) in [4.78, 5) is 0. The van der Waals surface area contributed by atoms with E-state index in [-0.39, 0.29) is 0 Å². The van der Waals surface area contributed by atoms with E-state index < -0.39 is 0 Å². The summed E-state index contributed by atoms with van der Waals surface area (Å²) in [5.41, 5.74) is 0. The predicted molar refractivity (Wildman–Crippen MR) is 83.8 cm³/mol. The van der Waals surface area contributed by atoms with Crippen molar-refractivity contribution in [2.75, 3.05) is 0 Å². The Labute approximate surface area is 116 Å². The molecule has 0 aromatic heterocycles. The molecule has 0 bridgehead atoms. The molecule has 0 saturated carbocycles. The van der Waals surface area contributed by atoms with Gasteiger partial charge in [0.05, 0.1) is 0 Å². The minimum Gasteiger partial charge on any atom is -0.0654 e. The van der Waals surface area contributed by atoms with Gasteiger partial charge in [-0.3, -0.25) is 0 Å². The van der Waals surface area contributed by atoms with Gasteiger partial charge in [-0.1, -0.05) is 90.4 Å². The van der Waals surface area contributed by atoms with E-state index in [1.165, 1.54) is 89.9 Å². The molecular formula is C18H35+. The fourth-order valence-corrected chi connectivity index (χ4v) is 2.46. The van der Waals surface area contributed by atoms with Gasteiger partial charge in [-0.2, -0.15) is 0 Å². The lowest BCUT2D eigenvalue weighted by molar-refractivity contribution is 0.536. The average molecular weight is 251 g/mol. The van der Waals surface area contributed by atoms with Crippen molar-refractivity contribution in [1.82, 2.24) is 0 Å². The highest BCUT2D eigenvalue weighted by molar-refractivity contribution is 4.61. The maximum Gasteiger partial charge on any atom is 0.201 e. The first-order chi connectivity index (χ1) is 8.91. The van der Waals surface area contributed by atoms with Crippen molar-refractivity contribution < 1.29 is 0 Å². The molecule has 0 saturated heterocycles. The average Bonchev–Trinajstić information content (AvgIpc) is 2.39. The fraction of sp³-hybridized carbons (Fsp3) is 0.889. The third-order valence-electron chi connectivity index (χ3n) is 3.72. The van der Waals surface area contributed by atoms with Crippen molar-refractivity contribution in [2.45, 2.75) is 103 Å². The van der Waals surface area contributed by atoms with Crippen LogP contribution >= 0.6 is 0 Å². The van der Waals surface area contributed by atoms with Gasteiger partial charge in [0, 0.05) is 6.42 Å². The normalized spacial score (nSPS) is 10.7. The number of hydrogen-bond donors (Lipinski definition) is 0. The maximum absolute atomic E-state index is 5.35. The van der Waals surface area contributed by atoms with Gasteiger partial charge in [-0.15, -0.1) is 0 Å². The van der Waals surface area contributed by atoms with Gasteiger partial charge in [0.2, 0.25) is 6.58 Å². The summed E-state index contributed by atoms with van der Waals surface area (Å²) < 4.78 is 0. The topological polar surface area (TPSA) is 0 Å². The molecule has 0 nitrogen and oxygen atoms in total. The first-order valence-corrected chi connectivity index (χ1v) is 8.45. The van der Waals surface area contributed by atoms with Gasteiger partial charge in [0.1, 0.15) is 0 Å². The molecule has 0 rings (SSSR count). The predicted octanol–water partition coefficient (Wildman–Crippen LogP) is 6.85. The monoisotopic (exact) mass is 251 g/mol. The van der Waals surface area contributed by atoms with Crippen LogP contribution in [0.4, 0.5) is 0 Å². The summed E-state index contributed by atoms with van der Waals surface area (Å²) >= 11 is 0. The van der Waals surface area contributed by atoms with E-state index >= 15 is 0 Å². The van der Waals surface area contributed by atoms with Crippen LogP contribution in [-0.4, -0.2) is 0 Å². The Morgan fingerprint density at radius 3 is 1.22 bits per heavy atom. The van der Waals surface area contributed by atoms with Crippen molar-refractivity contribution in [3.63, 3.8) is 0 Å². The van der Waals surface area contributed by atoms with E-state index in [1.807, 2.05) is 0 Å². The molecule has 0 aliphatic carbocycles. The summed E-state index contributed by atoms with van der Waals surface area (Å²) in [6.07, 6.45) is 22.9. The Balaban J connectivity index is 2.88. The van der Waals surface area contributed by atoms with Crippen LogP contribution in [0.15, 0.2) is 6.08 Å². The van der Waals surface area contributed by atoms with Crippen molar-refractivity contribution >= 4 is 0 Å². The van der Waals surface area contributed by atoms with E-state index in [0.717, 1.165) is 6.42 Å². The zero-order chi connectivity index (χ0) is 13.3. The Morgan fingerprint density at radius 2 is 0.889 bits per heavy atom. The molecule has 0 amide bonds. The molecule has 0 heterocycles. The summed E-state index contributed by atoms with van der Waals surface area (Å²) in [6, 6.07) is 0. The summed E-state index contributed by atoms with van der Waals surface area (Å²) in [5, 5.41) is 0. The highest BCUT2D eigenvalue weighted by atomic mass is 14.0. The minimum atomic E-state index is 1.10. The fourth-order valence-electron chi connectivity index (χ4n) is 2.46. The van der Waals surface area contributed by atoms with Crippen molar-refractivity contribution in [3.8, 4) is 0 Å². The lowest BCUT2D eigenvalue weighted by atomic mass is 10.0. The van der Waals surface area contributed by atoms with Crippen LogP contribution in [-0.2, 0) is 0 Å². The van der Waals surface area contributed by atoms with Crippen molar-refractivity contribution in [3.05, 3.63) is 12.7 Å². The number of hydrogen-bond acceptors (Lipinski definition) is 0.